The Morgan fingerprint density at radius 2 is 2.00 bits per heavy atom. The van der Waals surface area contributed by atoms with Gasteiger partial charge in [0, 0.05) is 12.1 Å². The predicted molar refractivity (Wildman–Crippen MR) is 76.9 cm³/mol. The molecule has 0 aliphatic carbocycles. The van der Waals surface area contributed by atoms with Crippen LogP contribution in [-0.4, -0.2) is 15.6 Å². The first kappa shape index (κ1) is 13.8. The maximum absolute atomic E-state index is 12.4. The van der Waals surface area contributed by atoms with Crippen LogP contribution >= 0.6 is 11.6 Å². The summed E-state index contributed by atoms with van der Waals surface area (Å²) in [5.74, 6) is 0.0783. The van der Waals surface area contributed by atoms with Crippen LogP contribution in [-0.2, 0) is 13.0 Å². The highest BCUT2D eigenvalue weighted by Crippen LogP contribution is 2.22. The zero-order chi connectivity index (χ0) is 14.0. The molecule has 0 aliphatic rings. The fourth-order valence-electron chi connectivity index (χ4n) is 2.17. The maximum Gasteiger partial charge on any atom is 0.169 e. The number of carbonyl (C=O) groups excluding carboxylic acids is 1. The van der Waals surface area contributed by atoms with Gasteiger partial charge in [0.25, 0.3) is 0 Å². The van der Waals surface area contributed by atoms with Crippen LogP contribution in [0.15, 0.2) is 24.3 Å². The first-order chi connectivity index (χ1) is 9.04. The van der Waals surface area contributed by atoms with Crippen LogP contribution in [0.25, 0.3) is 0 Å². The van der Waals surface area contributed by atoms with E-state index in [1.54, 1.807) is 4.68 Å². The van der Waals surface area contributed by atoms with Gasteiger partial charge in [-0.05, 0) is 26.3 Å². The summed E-state index contributed by atoms with van der Waals surface area (Å²) in [6, 6.07) is 7.60. The number of ketones is 1. The number of rotatable bonds is 4. The smallest absolute Gasteiger partial charge is 0.169 e. The second-order valence-corrected chi connectivity index (χ2v) is 4.95. The Labute approximate surface area is 118 Å². The average molecular weight is 277 g/mol. The van der Waals surface area contributed by atoms with Crippen molar-refractivity contribution in [1.82, 2.24) is 9.78 Å². The third kappa shape index (κ3) is 2.71. The molecule has 1 aromatic heterocycles. The van der Waals surface area contributed by atoms with E-state index in [4.69, 9.17) is 11.6 Å². The molecule has 0 saturated heterocycles. The van der Waals surface area contributed by atoms with E-state index in [2.05, 4.69) is 5.10 Å². The van der Waals surface area contributed by atoms with E-state index in [1.807, 2.05) is 45.0 Å². The van der Waals surface area contributed by atoms with E-state index in [1.165, 1.54) is 0 Å². The van der Waals surface area contributed by atoms with Gasteiger partial charge in [0.2, 0.25) is 0 Å². The number of benzene rings is 1. The van der Waals surface area contributed by atoms with E-state index >= 15 is 0 Å². The average Bonchev–Trinajstić information content (AvgIpc) is 2.67. The number of hydrogen-bond acceptors (Lipinski definition) is 2. The number of nitrogens with zero attached hydrogens (tertiary/aromatic N) is 2. The standard InChI is InChI=1S/C15H17ClN2O/c1-4-18-13(15(16)11(3)17-18)9-14(19)12-8-6-5-7-10(12)2/h5-8H,4,9H2,1-3H3. The summed E-state index contributed by atoms with van der Waals surface area (Å²) in [5.41, 5.74) is 3.31. The Morgan fingerprint density at radius 1 is 1.32 bits per heavy atom. The normalized spacial score (nSPS) is 10.7. The Balaban J connectivity index is 2.32. The minimum absolute atomic E-state index is 0.0783. The monoisotopic (exact) mass is 276 g/mol. The van der Waals surface area contributed by atoms with Gasteiger partial charge < -0.3 is 0 Å². The van der Waals surface area contributed by atoms with Crippen LogP contribution in [0.4, 0.5) is 0 Å². The second kappa shape index (κ2) is 5.57. The lowest BCUT2D eigenvalue weighted by molar-refractivity contribution is 0.0990. The number of Topliss-reactive ketones (excluding diaryl/α,β-unsaturated/α-hetero) is 1. The zero-order valence-electron chi connectivity index (χ0n) is 11.4. The minimum atomic E-state index is 0.0783. The molecule has 0 fully saturated rings. The van der Waals surface area contributed by atoms with Gasteiger partial charge in [0.05, 0.1) is 22.8 Å². The summed E-state index contributed by atoms with van der Waals surface area (Å²) in [6.07, 6.45) is 0.290. The van der Waals surface area contributed by atoms with E-state index in [0.29, 0.717) is 18.0 Å². The van der Waals surface area contributed by atoms with Crippen LogP contribution in [0, 0.1) is 13.8 Å². The third-order valence-electron chi connectivity index (χ3n) is 3.23. The lowest BCUT2D eigenvalue weighted by Crippen LogP contribution is -2.11. The second-order valence-electron chi connectivity index (χ2n) is 4.58. The quantitative estimate of drug-likeness (QED) is 0.800. The molecule has 100 valence electrons. The molecule has 3 nitrogen and oxygen atoms in total. The minimum Gasteiger partial charge on any atom is -0.294 e. The highest BCUT2D eigenvalue weighted by atomic mass is 35.5. The summed E-state index contributed by atoms with van der Waals surface area (Å²) >= 11 is 6.23. The van der Waals surface area contributed by atoms with Crippen molar-refractivity contribution in [2.24, 2.45) is 0 Å². The van der Waals surface area contributed by atoms with Gasteiger partial charge in [-0.2, -0.15) is 5.10 Å². The van der Waals surface area contributed by atoms with Gasteiger partial charge in [0.15, 0.2) is 5.78 Å². The molecule has 2 rings (SSSR count). The SMILES string of the molecule is CCn1nc(C)c(Cl)c1CC(=O)c1ccccc1C. The van der Waals surface area contributed by atoms with Crippen molar-refractivity contribution in [3.63, 3.8) is 0 Å². The maximum atomic E-state index is 12.4. The van der Waals surface area contributed by atoms with Crippen molar-refractivity contribution in [1.29, 1.82) is 0 Å². The predicted octanol–water partition coefficient (Wildman–Crippen LogP) is 3.60. The molecule has 19 heavy (non-hydrogen) atoms. The van der Waals surface area contributed by atoms with Gasteiger partial charge in [-0.25, -0.2) is 0 Å². The molecule has 1 aromatic carbocycles. The molecular weight excluding hydrogens is 260 g/mol. The molecule has 0 unspecified atom stereocenters. The van der Waals surface area contributed by atoms with Crippen molar-refractivity contribution in [2.45, 2.75) is 33.7 Å². The fraction of sp³-hybridized carbons (Fsp3) is 0.333. The molecule has 0 N–H and O–H groups in total. The van der Waals surface area contributed by atoms with E-state index < -0.39 is 0 Å². The van der Waals surface area contributed by atoms with Gasteiger partial charge in [0.1, 0.15) is 0 Å². The first-order valence-electron chi connectivity index (χ1n) is 6.35. The van der Waals surface area contributed by atoms with Crippen molar-refractivity contribution in [3.05, 3.63) is 51.8 Å². The first-order valence-corrected chi connectivity index (χ1v) is 6.73. The zero-order valence-corrected chi connectivity index (χ0v) is 12.2. The Kier molecular flexibility index (Phi) is 4.05. The van der Waals surface area contributed by atoms with Crippen molar-refractivity contribution >= 4 is 17.4 Å². The lowest BCUT2D eigenvalue weighted by Gasteiger charge is -2.07. The fourth-order valence-corrected chi connectivity index (χ4v) is 2.37. The summed E-state index contributed by atoms with van der Waals surface area (Å²) < 4.78 is 1.80. The number of hydrogen-bond donors (Lipinski definition) is 0. The molecular formula is C15H17ClN2O. The number of aryl methyl sites for hydroxylation is 3. The van der Waals surface area contributed by atoms with Gasteiger partial charge in [-0.15, -0.1) is 0 Å². The molecule has 0 amide bonds. The van der Waals surface area contributed by atoms with E-state index in [0.717, 1.165) is 22.5 Å². The molecule has 1 heterocycles. The van der Waals surface area contributed by atoms with Gasteiger partial charge in [-0.1, -0.05) is 35.9 Å². The molecule has 0 spiro atoms. The van der Waals surface area contributed by atoms with E-state index in [-0.39, 0.29) is 5.78 Å². The molecule has 0 radical (unpaired) electrons. The Hall–Kier alpha value is -1.61. The lowest BCUT2D eigenvalue weighted by atomic mass is 10.0. The summed E-state index contributed by atoms with van der Waals surface area (Å²) in [4.78, 5) is 12.4. The van der Waals surface area contributed by atoms with Crippen molar-refractivity contribution in [3.8, 4) is 0 Å². The third-order valence-corrected chi connectivity index (χ3v) is 3.72. The number of aromatic nitrogens is 2. The highest BCUT2D eigenvalue weighted by molar-refractivity contribution is 6.32. The Morgan fingerprint density at radius 3 is 2.63 bits per heavy atom. The summed E-state index contributed by atoms with van der Waals surface area (Å²) in [5, 5.41) is 4.93. The molecule has 0 atom stereocenters. The topological polar surface area (TPSA) is 34.9 Å². The van der Waals surface area contributed by atoms with Crippen molar-refractivity contribution in [2.75, 3.05) is 0 Å². The van der Waals surface area contributed by atoms with Crippen LogP contribution in [0.5, 0.6) is 0 Å². The van der Waals surface area contributed by atoms with Crippen LogP contribution in [0.2, 0.25) is 5.02 Å². The summed E-state index contributed by atoms with van der Waals surface area (Å²) in [7, 11) is 0. The van der Waals surface area contributed by atoms with Gasteiger partial charge >= 0.3 is 0 Å². The van der Waals surface area contributed by atoms with E-state index in [9.17, 15) is 4.79 Å². The highest BCUT2D eigenvalue weighted by Gasteiger charge is 2.17. The Bertz CT molecular complexity index is 617. The van der Waals surface area contributed by atoms with Crippen LogP contribution < -0.4 is 0 Å². The molecule has 0 bridgehead atoms. The molecule has 2 aromatic rings. The molecule has 0 aliphatic heterocycles. The summed E-state index contributed by atoms with van der Waals surface area (Å²) in [6.45, 7) is 6.50. The molecule has 4 heteroatoms. The largest absolute Gasteiger partial charge is 0.294 e. The van der Waals surface area contributed by atoms with Crippen molar-refractivity contribution < 1.29 is 4.79 Å². The molecule has 0 saturated carbocycles. The number of halogens is 1. The van der Waals surface area contributed by atoms with Crippen LogP contribution in [0.1, 0.15) is 34.2 Å². The van der Waals surface area contributed by atoms with Crippen LogP contribution in [0.3, 0.4) is 0 Å². The number of carbonyl (C=O) groups is 1. The van der Waals surface area contributed by atoms with Gasteiger partial charge in [-0.3, -0.25) is 9.48 Å².